The van der Waals surface area contributed by atoms with E-state index in [1.165, 1.54) is 0 Å². The fourth-order valence-electron chi connectivity index (χ4n) is 0.623. The van der Waals surface area contributed by atoms with Crippen molar-refractivity contribution in [1.29, 1.82) is 0 Å². The van der Waals surface area contributed by atoms with Gasteiger partial charge in [0.15, 0.2) is 0 Å². The Morgan fingerprint density at radius 3 is 2.60 bits per heavy atom. The van der Waals surface area contributed by atoms with Gasteiger partial charge in [0, 0.05) is 0 Å². The van der Waals surface area contributed by atoms with Crippen molar-refractivity contribution in [3.05, 3.63) is 22.5 Å². The molecule has 0 bridgehead atoms. The maximum Gasteiger partial charge on any atom is 0.140 e. The maximum atomic E-state index is 12.6. The molecule has 0 fully saturated rings. The highest BCUT2D eigenvalue weighted by Crippen LogP contribution is 2.28. The summed E-state index contributed by atoms with van der Waals surface area (Å²) < 4.78 is 25.2. The van der Waals surface area contributed by atoms with Crippen LogP contribution in [-0.2, 0) is 0 Å². The molecular formula is C6H4BrClF2. The molecule has 1 unspecified atom stereocenters. The van der Waals surface area contributed by atoms with Crippen molar-refractivity contribution in [3.63, 3.8) is 0 Å². The first-order chi connectivity index (χ1) is 4.61. The highest BCUT2D eigenvalue weighted by molar-refractivity contribution is 9.11. The summed E-state index contributed by atoms with van der Waals surface area (Å²) >= 11 is 8.21. The molecule has 0 spiro atoms. The van der Waals surface area contributed by atoms with E-state index in [1.54, 1.807) is 0 Å². The summed E-state index contributed by atoms with van der Waals surface area (Å²) in [5.74, 6) is -0.506. The lowest BCUT2D eigenvalue weighted by atomic mass is 10.1. The highest BCUT2D eigenvalue weighted by atomic mass is 79.9. The van der Waals surface area contributed by atoms with Crippen LogP contribution in [0.15, 0.2) is 22.5 Å². The molecule has 4 heteroatoms. The third-order valence-corrected chi connectivity index (χ3v) is 2.15. The lowest BCUT2D eigenvalue weighted by Crippen LogP contribution is -2.14. The Kier molecular flexibility index (Phi) is 2.47. The number of halogens is 4. The van der Waals surface area contributed by atoms with Crippen LogP contribution in [0.1, 0.15) is 0 Å². The van der Waals surface area contributed by atoms with Gasteiger partial charge < -0.3 is 0 Å². The van der Waals surface area contributed by atoms with Gasteiger partial charge in [-0.15, -0.1) is 11.6 Å². The Hall–Kier alpha value is 0.110. The molecule has 0 saturated heterocycles. The van der Waals surface area contributed by atoms with E-state index >= 15 is 0 Å². The van der Waals surface area contributed by atoms with E-state index in [2.05, 4.69) is 15.9 Å². The molecule has 0 N–H and O–H groups in total. The molecule has 0 aromatic heterocycles. The minimum absolute atomic E-state index is 0.136. The summed E-state index contributed by atoms with van der Waals surface area (Å²) in [7, 11) is 0. The van der Waals surface area contributed by atoms with Gasteiger partial charge in [0.25, 0.3) is 0 Å². The summed E-state index contributed by atoms with van der Waals surface area (Å²) in [6, 6.07) is 0. The largest absolute Gasteiger partial charge is 0.241 e. The Labute approximate surface area is 70.7 Å². The van der Waals surface area contributed by atoms with E-state index in [9.17, 15) is 8.78 Å². The Morgan fingerprint density at radius 2 is 2.10 bits per heavy atom. The second-order valence-corrected chi connectivity index (χ2v) is 3.28. The van der Waals surface area contributed by atoms with Gasteiger partial charge in [-0.2, -0.15) is 0 Å². The van der Waals surface area contributed by atoms with Gasteiger partial charge in [0.1, 0.15) is 12.0 Å². The van der Waals surface area contributed by atoms with Crippen LogP contribution in [0.2, 0.25) is 0 Å². The molecule has 1 aliphatic rings. The van der Waals surface area contributed by atoms with Crippen molar-refractivity contribution in [1.82, 2.24) is 0 Å². The second-order valence-electron chi connectivity index (χ2n) is 1.92. The number of hydrogen-bond donors (Lipinski definition) is 0. The van der Waals surface area contributed by atoms with E-state index in [1.807, 2.05) is 0 Å². The number of rotatable bonds is 0. The second kappa shape index (κ2) is 3.01. The van der Waals surface area contributed by atoms with Gasteiger partial charge in [-0.25, -0.2) is 8.78 Å². The van der Waals surface area contributed by atoms with E-state index in [4.69, 9.17) is 11.6 Å². The minimum Gasteiger partial charge on any atom is -0.241 e. The minimum atomic E-state index is -1.30. The molecule has 1 rings (SSSR count). The van der Waals surface area contributed by atoms with Gasteiger partial charge >= 0.3 is 0 Å². The topological polar surface area (TPSA) is 0 Å². The van der Waals surface area contributed by atoms with Gasteiger partial charge in [-0.1, -0.05) is 0 Å². The predicted molar refractivity (Wildman–Crippen MR) is 40.7 cm³/mol. The fraction of sp³-hybridized carbons (Fsp3) is 0.333. The van der Waals surface area contributed by atoms with E-state index in [-0.39, 0.29) is 4.48 Å². The average molecular weight is 229 g/mol. The van der Waals surface area contributed by atoms with Gasteiger partial charge in [-0.05, 0) is 28.1 Å². The summed E-state index contributed by atoms with van der Waals surface area (Å²) in [6.45, 7) is 0. The van der Waals surface area contributed by atoms with Crippen LogP contribution in [-0.4, -0.2) is 11.5 Å². The zero-order valence-electron chi connectivity index (χ0n) is 4.82. The van der Waals surface area contributed by atoms with Crippen molar-refractivity contribution in [2.75, 3.05) is 0 Å². The van der Waals surface area contributed by atoms with Crippen molar-refractivity contribution in [2.45, 2.75) is 11.5 Å². The molecule has 0 aromatic carbocycles. The number of allylic oxidation sites excluding steroid dienone is 4. The van der Waals surface area contributed by atoms with Gasteiger partial charge in [0.05, 0.1) is 9.86 Å². The van der Waals surface area contributed by atoms with Crippen LogP contribution in [0.25, 0.3) is 0 Å². The van der Waals surface area contributed by atoms with Gasteiger partial charge in [0.2, 0.25) is 0 Å². The molecule has 0 aromatic rings. The lowest BCUT2D eigenvalue weighted by Gasteiger charge is -2.12. The van der Waals surface area contributed by atoms with Crippen molar-refractivity contribution < 1.29 is 8.78 Å². The summed E-state index contributed by atoms with van der Waals surface area (Å²) in [5, 5.41) is -0.874. The smallest absolute Gasteiger partial charge is 0.140 e. The normalized spacial score (nSPS) is 33.2. The summed E-state index contributed by atoms with van der Waals surface area (Å²) in [6.07, 6.45) is 0.846. The molecule has 56 valence electrons. The molecule has 0 radical (unpaired) electrons. The molecule has 0 aliphatic heterocycles. The third-order valence-electron chi connectivity index (χ3n) is 1.14. The molecule has 10 heavy (non-hydrogen) atoms. The number of alkyl halides is 2. The first-order valence-electron chi connectivity index (χ1n) is 2.64. The average Bonchev–Trinajstić information content (AvgIpc) is 1.84. The van der Waals surface area contributed by atoms with Crippen LogP contribution in [0, 0.1) is 0 Å². The Morgan fingerprint density at radius 1 is 1.50 bits per heavy atom. The zero-order chi connectivity index (χ0) is 7.72. The number of hydrogen-bond acceptors (Lipinski definition) is 0. The summed E-state index contributed by atoms with van der Waals surface area (Å²) in [4.78, 5) is 0. The maximum absolute atomic E-state index is 12.6. The van der Waals surface area contributed by atoms with Crippen molar-refractivity contribution in [3.8, 4) is 0 Å². The van der Waals surface area contributed by atoms with Gasteiger partial charge in [-0.3, -0.25) is 0 Å². The Balaban J connectivity index is 2.83. The first kappa shape index (κ1) is 8.21. The predicted octanol–water partition coefficient (Wildman–Crippen LogP) is 3.08. The fourth-order valence-corrected chi connectivity index (χ4v) is 1.19. The highest BCUT2D eigenvalue weighted by Gasteiger charge is 2.21. The monoisotopic (exact) mass is 228 g/mol. The van der Waals surface area contributed by atoms with E-state index in [0.717, 1.165) is 12.2 Å². The molecule has 0 amide bonds. The summed E-state index contributed by atoms with van der Waals surface area (Å²) in [5.41, 5.74) is 0. The molecule has 1 aliphatic carbocycles. The van der Waals surface area contributed by atoms with Crippen LogP contribution in [0.3, 0.4) is 0 Å². The molecule has 0 nitrogen and oxygen atoms in total. The van der Waals surface area contributed by atoms with Crippen LogP contribution >= 0.6 is 27.5 Å². The third kappa shape index (κ3) is 1.58. The van der Waals surface area contributed by atoms with Crippen LogP contribution in [0.5, 0.6) is 0 Å². The standard InChI is InChI=1S/C6H4BrClF2/c7-3-1-6(10)4(8)2-5(3)9/h1-2,4,6H/t4-,6?/m1/s1. The molecular weight excluding hydrogens is 225 g/mol. The SMILES string of the molecule is FC1=C[C@@H](Cl)C(F)C=C1Br. The van der Waals surface area contributed by atoms with Crippen molar-refractivity contribution >= 4 is 27.5 Å². The van der Waals surface area contributed by atoms with Crippen LogP contribution in [0.4, 0.5) is 8.78 Å². The lowest BCUT2D eigenvalue weighted by molar-refractivity contribution is 0.399. The first-order valence-corrected chi connectivity index (χ1v) is 3.87. The molecule has 0 saturated carbocycles. The quantitative estimate of drug-likeness (QED) is 0.560. The zero-order valence-corrected chi connectivity index (χ0v) is 7.16. The van der Waals surface area contributed by atoms with Crippen molar-refractivity contribution in [2.24, 2.45) is 0 Å². The molecule has 2 atom stereocenters. The Bertz CT molecular complexity index is 178. The van der Waals surface area contributed by atoms with E-state index in [0.29, 0.717) is 0 Å². The molecule has 0 heterocycles. The van der Waals surface area contributed by atoms with Crippen LogP contribution < -0.4 is 0 Å². The van der Waals surface area contributed by atoms with E-state index < -0.39 is 17.4 Å².